The zero-order valence-electron chi connectivity index (χ0n) is 11.8. The third kappa shape index (κ3) is 2.83. The first-order chi connectivity index (χ1) is 9.12. The standard InChI is InChI=1S/C14H26N2O2S/c1-2-15-7-3-4-8-19(17,18)16-14-12-10-5-6-11(9-10)13(12)14/h10-16H,2-9H2,1H3. The molecule has 5 heteroatoms. The smallest absolute Gasteiger partial charge is 0.211 e. The zero-order valence-corrected chi connectivity index (χ0v) is 12.6. The number of hydrogen-bond donors (Lipinski definition) is 2. The normalized spacial score (nSPS) is 39.5. The van der Waals surface area contributed by atoms with Crippen molar-refractivity contribution >= 4 is 10.0 Å². The molecular formula is C14H26N2O2S. The van der Waals surface area contributed by atoms with E-state index in [4.69, 9.17) is 0 Å². The van der Waals surface area contributed by atoms with Crippen LogP contribution in [0.3, 0.4) is 0 Å². The number of nitrogens with one attached hydrogen (secondary N) is 2. The van der Waals surface area contributed by atoms with Gasteiger partial charge in [0.25, 0.3) is 0 Å². The Morgan fingerprint density at radius 2 is 1.79 bits per heavy atom. The molecule has 0 amide bonds. The van der Waals surface area contributed by atoms with Crippen LogP contribution in [-0.2, 0) is 10.0 Å². The molecule has 0 aliphatic heterocycles. The Morgan fingerprint density at radius 3 is 2.42 bits per heavy atom. The fourth-order valence-corrected chi connectivity index (χ4v) is 5.90. The molecular weight excluding hydrogens is 260 g/mol. The van der Waals surface area contributed by atoms with Crippen molar-refractivity contribution in [3.05, 3.63) is 0 Å². The molecule has 19 heavy (non-hydrogen) atoms. The largest absolute Gasteiger partial charge is 0.317 e. The van der Waals surface area contributed by atoms with Crippen molar-refractivity contribution < 1.29 is 8.42 Å². The van der Waals surface area contributed by atoms with Crippen molar-refractivity contribution in [2.24, 2.45) is 23.7 Å². The highest BCUT2D eigenvalue weighted by Crippen LogP contribution is 2.65. The SMILES string of the molecule is CCNCCCCS(=O)(=O)NC1C2C3CCC(C3)C12. The average molecular weight is 286 g/mol. The molecule has 4 unspecified atom stereocenters. The van der Waals surface area contributed by atoms with E-state index in [2.05, 4.69) is 17.0 Å². The van der Waals surface area contributed by atoms with E-state index in [-0.39, 0.29) is 0 Å². The van der Waals surface area contributed by atoms with Crippen LogP contribution < -0.4 is 10.0 Å². The molecule has 3 aliphatic carbocycles. The number of hydrogen-bond acceptors (Lipinski definition) is 3. The first kappa shape index (κ1) is 13.8. The molecule has 0 aromatic rings. The molecule has 0 aromatic heterocycles. The Morgan fingerprint density at radius 1 is 1.11 bits per heavy atom. The summed E-state index contributed by atoms with van der Waals surface area (Å²) in [6, 6.07) is 0.296. The molecule has 2 bridgehead atoms. The van der Waals surface area contributed by atoms with E-state index in [0.717, 1.165) is 37.8 Å². The highest BCUT2D eigenvalue weighted by Gasteiger charge is 2.65. The summed E-state index contributed by atoms with van der Waals surface area (Å²) in [5.74, 6) is 3.34. The second-order valence-electron chi connectivity index (χ2n) is 6.51. The number of sulfonamides is 1. The van der Waals surface area contributed by atoms with Crippen LogP contribution in [0.25, 0.3) is 0 Å². The van der Waals surface area contributed by atoms with Gasteiger partial charge in [0.1, 0.15) is 0 Å². The molecule has 0 radical (unpaired) electrons. The van der Waals surface area contributed by atoms with Gasteiger partial charge < -0.3 is 5.32 Å². The molecule has 110 valence electrons. The van der Waals surface area contributed by atoms with Crippen LogP contribution in [0, 0.1) is 23.7 Å². The second kappa shape index (κ2) is 5.34. The van der Waals surface area contributed by atoms with E-state index in [0.29, 0.717) is 23.6 Å². The van der Waals surface area contributed by atoms with Crippen LogP contribution in [0.2, 0.25) is 0 Å². The topological polar surface area (TPSA) is 58.2 Å². The monoisotopic (exact) mass is 286 g/mol. The molecule has 4 nitrogen and oxygen atoms in total. The third-order valence-electron chi connectivity index (χ3n) is 5.32. The fraction of sp³-hybridized carbons (Fsp3) is 1.00. The Bertz CT molecular complexity index is 407. The first-order valence-corrected chi connectivity index (χ1v) is 9.48. The molecule has 0 spiro atoms. The van der Waals surface area contributed by atoms with Crippen LogP contribution >= 0.6 is 0 Å². The minimum Gasteiger partial charge on any atom is -0.317 e. The fourth-order valence-electron chi connectivity index (χ4n) is 4.47. The quantitative estimate of drug-likeness (QED) is 0.662. The van der Waals surface area contributed by atoms with Gasteiger partial charge >= 0.3 is 0 Å². The summed E-state index contributed by atoms with van der Waals surface area (Å²) in [5, 5.41) is 3.22. The lowest BCUT2D eigenvalue weighted by molar-refractivity contribution is 0.456. The molecule has 0 saturated heterocycles. The highest BCUT2D eigenvalue weighted by atomic mass is 32.2. The third-order valence-corrected chi connectivity index (χ3v) is 6.77. The Balaban J connectivity index is 1.40. The van der Waals surface area contributed by atoms with E-state index in [9.17, 15) is 8.42 Å². The van der Waals surface area contributed by atoms with E-state index in [1.807, 2.05) is 0 Å². The maximum atomic E-state index is 12.0. The minimum atomic E-state index is -3.04. The molecule has 3 fully saturated rings. The molecule has 0 aromatic carbocycles. The molecule has 3 saturated carbocycles. The van der Waals surface area contributed by atoms with Crippen LogP contribution in [0.5, 0.6) is 0 Å². The summed E-state index contributed by atoms with van der Waals surface area (Å²) in [5.41, 5.74) is 0. The van der Waals surface area contributed by atoms with Crippen molar-refractivity contribution in [1.82, 2.24) is 10.0 Å². The van der Waals surface area contributed by atoms with Gasteiger partial charge in [0.15, 0.2) is 0 Å². The van der Waals surface area contributed by atoms with Gasteiger partial charge in [-0.3, -0.25) is 0 Å². The zero-order chi connectivity index (χ0) is 13.5. The summed E-state index contributed by atoms with van der Waals surface area (Å²) in [6.07, 6.45) is 5.75. The summed E-state index contributed by atoms with van der Waals surface area (Å²) >= 11 is 0. The van der Waals surface area contributed by atoms with E-state index in [1.54, 1.807) is 0 Å². The number of fused-ring (bicyclic) bond motifs is 5. The highest BCUT2D eigenvalue weighted by molar-refractivity contribution is 7.89. The molecule has 4 atom stereocenters. The van der Waals surface area contributed by atoms with Crippen LogP contribution in [0.1, 0.15) is 39.0 Å². The average Bonchev–Trinajstić information content (AvgIpc) is 2.76. The van der Waals surface area contributed by atoms with Crippen molar-refractivity contribution in [3.8, 4) is 0 Å². The van der Waals surface area contributed by atoms with Gasteiger partial charge in [-0.1, -0.05) is 6.92 Å². The van der Waals surface area contributed by atoms with Gasteiger partial charge in [-0.2, -0.15) is 0 Å². The van der Waals surface area contributed by atoms with E-state index >= 15 is 0 Å². The predicted molar refractivity (Wildman–Crippen MR) is 76.3 cm³/mol. The van der Waals surface area contributed by atoms with E-state index < -0.39 is 10.0 Å². The van der Waals surface area contributed by atoms with Gasteiger partial charge in [0.2, 0.25) is 10.0 Å². The lowest BCUT2D eigenvalue weighted by atomic mass is 10.0. The summed E-state index contributed by atoms with van der Waals surface area (Å²) in [6.45, 7) is 3.95. The maximum Gasteiger partial charge on any atom is 0.211 e. The van der Waals surface area contributed by atoms with Gasteiger partial charge in [-0.15, -0.1) is 0 Å². The van der Waals surface area contributed by atoms with Gasteiger partial charge in [0.05, 0.1) is 5.75 Å². The Kier molecular flexibility index (Phi) is 3.89. The molecule has 0 heterocycles. The summed E-state index contributed by atoms with van der Waals surface area (Å²) in [4.78, 5) is 0. The summed E-state index contributed by atoms with van der Waals surface area (Å²) in [7, 11) is -3.04. The lowest BCUT2D eigenvalue weighted by Gasteiger charge is -2.11. The van der Waals surface area contributed by atoms with Crippen LogP contribution in [-0.4, -0.2) is 33.3 Å². The van der Waals surface area contributed by atoms with Gasteiger partial charge in [-0.05, 0) is 68.9 Å². The molecule has 3 rings (SSSR count). The summed E-state index contributed by atoms with van der Waals surface area (Å²) < 4.78 is 27.1. The van der Waals surface area contributed by atoms with E-state index in [1.165, 1.54) is 19.3 Å². The van der Waals surface area contributed by atoms with Crippen LogP contribution in [0.15, 0.2) is 0 Å². The number of unbranched alkanes of at least 4 members (excludes halogenated alkanes) is 1. The van der Waals surface area contributed by atoms with Crippen molar-refractivity contribution in [2.45, 2.75) is 45.1 Å². The van der Waals surface area contributed by atoms with Crippen molar-refractivity contribution in [2.75, 3.05) is 18.8 Å². The number of rotatable bonds is 8. The Labute approximate surface area is 116 Å². The Hall–Kier alpha value is -0.130. The maximum absolute atomic E-state index is 12.0. The lowest BCUT2D eigenvalue weighted by Crippen LogP contribution is -2.32. The molecule has 2 N–H and O–H groups in total. The van der Waals surface area contributed by atoms with Crippen LogP contribution in [0.4, 0.5) is 0 Å². The predicted octanol–water partition coefficient (Wildman–Crippen LogP) is 1.34. The van der Waals surface area contributed by atoms with Gasteiger partial charge in [-0.25, -0.2) is 13.1 Å². The molecule has 3 aliphatic rings. The van der Waals surface area contributed by atoms with Gasteiger partial charge in [0, 0.05) is 6.04 Å². The van der Waals surface area contributed by atoms with Crippen molar-refractivity contribution in [1.29, 1.82) is 0 Å². The van der Waals surface area contributed by atoms with Crippen molar-refractivity contribution in [3.63, 3.8) is 0 Å². The first-order valence-electron chi connectivity index (χ1n) is 7.83. The second-order valence-corrected chi connectivity index (χ2v) is 8.38. The minimum absolute atomic E-state index is 0.295.